The van der Waals surface area contributed by atoms with E-state index in [2.05, 4.69) is 27.3 Å². The molecule has 2 aromatic rings. The lowest BCUT2D eigenvalue weighted by atomic mass is 9.98. The molecule has 7 heteroatoms. The first-order valence-corrected chi connectivity index (χ1v) is 12.3. The number of amides is 2. The zero-order chi connectivity index (χ0) is 21.5. The number of hydrogen-bond acceptors (Lipinski definition) is 4. The van der Waals surface area contributed by atoms with Gasteiger partial charge in [0.05, 0.1) is 12.2 Å². The first-order chi connectivity index (χ1) is 14.5. The number of halogens is 1. The van der Waals surface area contributed by atoms with E-state index in [1.54, 1.807) is 17.8 Å². The maximum absolute atomic E-state index is 13.3. The molecule has 3 rings (SSSR count). The third-order valence-corrected chi connectivity index (χ3v) is 6.48. The molecule has 1 unspecified atom stereocenters. The van der Waals surface area contributed by atoms with Crippen molar-refractivity contribution in [1.82, 2.24) is 10.2 Å². The van der Waals surface area contributed by atoms with Gasteiger partial charge in [-0.05, 0) is 83.1 Å². The van der Waals surface area contributed by atoms with Crippen molar-refractivity contribution in [3.05, 3.63) is 63.6 Å². The average Bonchev–Trinajstić information content (AvgIpc) is 2.76. The second kappa shape index (κ2) is 10.9. The van der Waals surface area contributed by atoms with E-state index in [0.29, 0.717) is 36.2 Å². The van der Waals surface area contributed by atoms with Crippen LogP contribution < -0.4 is 10.1 Å². The minimum atomic E-state index is -0.548. The van der Waals surface area contributed by atoms with E-state index in [1.165, 1.54) is 5.56 Å². The lowest BCUT2D eigenvalue weighted by Crippen LogP contribution is -2.50. The van der Waals surface area contributed by atoms with Crippen LogP contribution in [0.4, 0.5) is 0 Å². The van der Waals surface area contributed by atoms with Gasteiger partial charge in [-0.1, -0.05) is 18.2 Å². The van der Waals surface area contributed by atoms with Crippen LogP contribution in [0.1, 0.15) is 34.8 Å². The number of carbonyl (C=O) groups is 2. The molecule has 0 aliphatic carbocycles. The number of carbonyl (C=O) groups excluding carboxylic acids is 2. The molecule has 160 valence electrons. The van der Waals surface area contributed by atoms with E-state index in [4.69, 9.17) is 4.74 Å². The summed E-state index contributed by atoms with van der Waals surface area (Å²) >= 11 is 5.09. The van der Waals surface area contributed by atoms with Crippen molar-refractivity contribution < 1.29 is 14.3 Å². The Bertz CT molecular complexity index is 906. The molecular weight excluding hydrogens is 464 g/mol. The maximum Gasteiger partial charge on any atom is 0.253 e. The molecular formula is C23H27BrN2O3S. The second-order valence-electron chi connectivity index (χ2n) is 7.16. The lowest BCUT2D eigenvalue weighted by molar-refractivity contribution is -0.134. The van der Waals surface area contributed by atoms with Gasteiger partial charge in [0, 0.05) is 17.6 Å². The highest BCUT2D eigenvalue weighted by molar-refractivity contribution is 9.10. The minimum Gasteiger partial charge on any atom is -0.494 e. The number of nitrogens with zero attached hydrogens (tertiary/aromatic N) is 1. The van der Waals surface area contributed by atoms with Gasteiger partial charge in [-0.2, -0.15) is 11.8 Å². The summed E-state index contributed by atoms with van der Waals surface area (Å²) in [6, 6.07) is 12.8. The predicted molar refractivity (Wildman–Crippen MR) is 125 cm³/mol. The highest BCUT2D eigenvalue weighted by Crippen LogP contribution is 2.25. The van der Waals surface area contributed by atoms with E-state index >= 15 is 0 Å². The molecule has 0 bridgehead atoms. The summed E-state index contributed by atoms with van der Waals surface area (Å²) in [4.78, 5) is 28.0. The summed E-state index contributed by atoms with van der Waals surface area (Å²) in [6.07, 6.45) is 3.41. The van der Waals surface area contributed by atoms with Gasteiger partial charge in [-0.25, -0.2) is 0 Å². The largest absolute Gasteiger partial charge is 0.494 e. The van der Waals surface area contributed by atoms with Crippen molar-refractivity contribution in [2.75, 3.05) is 25.2 Å². The van der Waals surface area contributed by atoms with E-state index in [-0.39, 0.29) is 11.8 Å². The van der Waals surface area contributed by atoms with Gasteiger partial charge in [0.25, 0.3) is 5.91 Å². The Morgan fingerprint density at radius 1 is 1.23 bits per heavy atom. The van der Waals surface area contributed by atoms with Crippen LogP contribution in [0.3, 0.4) is 0 Å². The van der Waals surface area contributed by atoms with Gasteiger partial charge in [-0.3, -0.25) is 9.59 Å². The van der Waals surface area contributed by atoms with Crippen molar-refractivity contribution in [3.8, 4) is 5.75 Å². The average molecular weight is 491 g/mol. The molecule has 0 radical (unpaired) electrons. The lowest BCUT2D eigenvalue weighted by Gasteiger charge is -2.32. The van der Waals surface area contributed by atoms with E-state index in [9.17, 15) is 9.59 Å². The highest BCUT2D eigenvalue weighted by Gasteiger charge is 2.29. The van der Waals surface area contributed by atoms with Crippen LogP contribution in [0, 0.1) is 0 Å². The third kappa shape index (κ3) is 5.58. The van der Waals surface area contributed by atoms with Crippen molar-refractivity contribution in [2.24, 2.45) is 0 Å². The molecule has 0 saturated heterocycles. The second-order valence-corrected chi connectivity index (χ2v) is 9.00. The Morgan fingerprint density at radius 2 is 2.03 bits per heavy atom. The van der Waals surface area contributed by atoms with Gasteiger partial charge in [0.15, 0.2) is 0 Å². The van der Waals surface area contributed by atoms with Crippen molar-refractivity contribution in [1.29, 1.82) is 0 Å². The fourth-order valence-electron chi connectivity index (χ4n) is 3.57. The Morgan fingerprint density at radius 3 is 2.77 bits per heavy atom. The predicted octanol–water partition coefficient (Wildman–Crippen LogP) is 4.28. The van der Waals surface area contributed by atoms with Crippen LogP contribution >= 0.6 is 27.7 Å². The summed E-state index contributed by atoms with van der Waals surface area (Å²) in [5, 5.41) is 2.96. The summed E-state index contributed by atoms with van der Waals surface area (Å²) in [5.74, 6) is 1.35. The fourth-order valence-corrected chi connectivity index (χ4v) is 4.51. The van der Waals surface area contributed by atoms with Crippen LogP contribution in [0.15, 0.2) is 46.9 Å². The molecule has 5 nitrogen and oxygen atoms in total. The Labute approximate surface area is 190 Å². The number of hydrogen-bond donors (Lipinski definition) is 1. The number of rotatable bonds is 8. The molecule has 0 saturated carbocycles. The number of nitrogens with one attached hydrogen (secondary N) is 1. The quantitative estimate of drug-likeness (QED) is 0.599. The van der Waals surface area contributed by atoms with E-state index in [1.807, 2.05) is 48.4 Å². The maximum atomic E-state index is 13.3. The molecule has 1 atom stereocenters. The topological polar surface area (TPSA) is 58.6 Å². The molecule has 2 aromatic carbocycles. The molecule has 1 aliphatic heterocycles. The van der Waals surface area contributed by atoms with E-state index < -0.39 is 6.04 Å². The zero-order valence-electron chi connectivity index (χ0n) is 17.3. The minimum absolute atomic E-state index is 0.0306. The van der Waals surface area contributed by atoms with Gasteiger partial charge in [0.1, 0.15) is 11.8 Å². The number of ether oxygens (including phenoxy) is 1. The molecule has 1 aliphatic rings. The summed E-state index contributed by atoms with van der Waals surface area (Å²) in [7, 11) is 0. The Kier molecular flexibility index (Phi) is 8.22. The number of thioether (sulfide) groups is 1. The van der Waals surface area contributed by atoms with Crippen molar-refractivity contribution in [2.45, 2.75) is 32.4 Å². The van der Waals surface area contributed by atoms with Crippen LogP contribution in [0.5, 0.6) is 5.75 Å². The normalized spacial score (nSPS) is 14.0. The molecule has 0 aromatic heterocycles. The number of fused-ring (bicyclic) bond motifs is 1. The molecule has 0 fully saturated rings. The van der Waals surface area contributed by atoms with E-state index in [0.717, 1.165) is 23.5 Å². The Hall–Kier alpha value is -1.99. The fraction of sp³-hybridized carbons (Fsp3) is 0.391. The van der Waals surface area contributed by atoms with Gasteiger partial charge >= 0.3 is 0 Å². The van der Waals surface area contributed by atoms with Crippen LogP contribution in [-0.2, 0) is 17.8 Å². The van der Waals surface area contributed by atoms with Crippen LogP contribution in [0.2, 0.25) is 0 Å². The first kappa shape index (κ1) is 22.7. The summed E-state index contributed by atoms with van der Waals surface area (Å²) < 4.78 is 6.33. The monoisotopic (exact) mass is 490 g/mol. The van der Waals surface area contributed by atoms with Gasteiger partial charge < -0.3 is 15.0 Å². The zero-order valence-corrected chi connectivity index (χ0v) is 19.7. The third-order valence-electron chi connectivity index (χ3n) is 5.15. The summed E-state index contributed by atoms with van der Waals surface area (Å²) in [6.45, 7) is 3.76. The molecule has 30 heavy (non-hydrogen) atoms. The van der Waals surface area contributed by atoms with Crippen molar-refractivity contribution in [3.63, 3.8) is 0 Å². The van der Waals surface area contributed by atoms with Gasteiger partial charge in [-0.15, -0.1) is 0 Å². The first-order valence-electron chi connectivity index (χ1n) is 10.1. The standard InChI is InChI=1S/C23H27BrN2O3S/c1-3-29-18-9-8-16-10-12-26(15-17(16)14-18)23(28)21(11-13-30-2)25-22(27)19-6-4-5-7-20(19)24/h4-9,14,21H,3,10-13,15H2,1-2H3,(H,25,27). The molecule has 1 heterocycles. The SMILES string of the molecule is CCOc1ccc2c(c1)CN(C(=O)C(CCSC)NC(=O)c1ccccc1Br)CC2. The smallest absolute Gasteiger partial charge is 0.253 e. The molecule has 2 amide bonds. The number of benzene rings is 2. The molecule has 1 N–H and O–H groups in total. The van der Waals surface area contributed by atoms with Crippen LogP contribution in [-0.4, -0.2) is 47.9 Å². The van der Waals surface area contributed by atoms with Gasteiger partial charge in [0.2, 0.25) is 5.91 Å². The van der Waals surface area contributed by atoms with Crippen LogP contribution in [0.25, 0.3) is 0 Å². The van der Waals surface area contributed by atoms with Crippen molar-refractivity contribution >= 4 is 39.5 Å². The molecule has 0 spiro atoms. The summed E-state index contributed by atoms with van der Waals surface area (Å²) in [5.41, 5.74) is 2.89. The highest BCUT2D eigenvalue weighted by atomic mass is 79.9. The Balaban J connectivity index is 1.74.